The maximum absolute atomic E-state index is 14.1. The average molecular weight is 359 g/mol. The second kappa shape index (κ2) is 6.43. The van der Waals surface area contributed by atoms with E-state index in [4.69, 9.17) is 11.6 Å². The Balaban J connectivity index is 1.57. The molecule has 2 aromatic carbocycles. The third-order valence-corrected chi connectivity index (χ3v) is 5.72. The summed E-state index contributed by atoms with van der Waals surface area (Å²) in [5, 5.41) is 0.381. The van der Waals surface area contributed by atoms with Gasteiger partial charge in [0.05, 0.1) is 5.56 Å². The van der Waals surface area contributed by atoms with Gasteiger partial charge < -0.3 is 4.90 Å². The van der Waals surface area contributed by atoms with E-state index in [9.17, 15) is 9.18 Å². The Labute approximate surface area is 152 Å². The molecule has 5 heteroatoms. The highest BCUT2D eigenvalue weighted by atomic mass is 35.5. The minimum Gasteiger partial charge on any atom is -0.338 e. The van der Waals surface area contributed by atoms with E-state index < -0.39 is 5.82 Å². The summed E-state index contributed by atoms with van der Waals surface area (Å²) >= 11 is 5.94. The first-order chi connectivity index (χ1) is 12.0. The Kier molecular flexibility index (Phi) is 4.26. The van der Waals surface area contributed by atoms with E-state index in [1.54, 1.807) is 4.90 Å². The molecule has 2 aliphatic heterocycles. The molecule has 25 heavy (non-hydrogen) atoms. The minimum atomic E-state index is -0.511. The standard InChI is InChI=1S/C20H20ClFN2O/c1-23-10-14-11-24(20(25)16-9-15(21)7-8-18(16)22)12-17(14)19(23)13-5-3-2-4-6-13/h2-9,14,17,19H,10-12H2,1H3/t14-,17+,19-/m0/s1. The smallest absolute Gasteiger partial charge is 0.256 e. The molecule has 3 nitrogen and oxygen atoms in total. The van der Waals surface area contributed by atoms with Crippen molar-refractivity contribution in [3.8, 4) is 0 Å². The van der Waals surface area contributed by atoms with E-state index in [1.807, 2.05) is 6.07 Å². The Bertz CT molecular complexity index is 798. The molecular formula is C20H20ClFN2O. The molecule has 2 heterocycles. The van der Waals surface area contributed by atoms with Gasteiger partial charge in [-0.25, -0.2) is 4.39 Å². The van der Waals surface area contributed by atoms with Crippen molar-refractivity contribution in [3.63, 3.8) is 0 Å². The molecule has 0 spiro atoms. The monoisotopic (exact) mass is 358 g/mol. The quantitative estimate of drug-likeness (QED) is 0.814. The van der Waals surface area contributed by atoms with Crippen LogP contribution in [0.2, 0.25) is 5.02 Å². The fourth-order valence-electron chi connectivity index (χ4n) is 4.41. The molecule has 0 radical (unpaired) electrons. The van der Waals surface area contributed by atoms with Gasteiger partial charge in [-0.15, -0.1) is 0 Å². The van der Waals surface area contributed by atoms with Gasteiger partial charge in [0.15, 0.2) is 0 Å². The molecule has 0 aliphatic carbocycles. The summed E-state index contributed by atoms with van der Waals surface area (Å²) < 4.78 is 14.1. The maximum Gasteiger partial charge on any atom is 0.256 e. The molecule has 0 bridgehead atoms. The Hall–Kier alpha value is -1.91. The Morgan fingerprint density at radius 2 is 1.88 bits per heavy atom. The second-order valence-electron chi connectivity index (χ2n) is 7.05. The second-order valence-corrected chi connectivity index (χ2v) is 7.49. The number of benzene rings is 2. The summed E-state index contributed by atoms with van der Waals surface area (Å²) in [7, 11) is 2.14. The topological polar surface area (TPSA) is 23.6 Å². The first kappa shape index (κ1) is 16.6. The number of fused-ring (bicyclic) bond motifs is 1. The summed E-state index contributed by atoms with van der Waals surface area (Å²) in [6.07, 6.45) is 0. The van der Waals surface area contributed by atoms with Crippen LogP contribution in [0.3, 0.4) is 0 Å². The van der Waals surface area contributed by atoms with Crippen LogP contribution in [0.4, 0.5) is 4.39 Å². The molecule has 2 aliphatic rings. The summed E-state index contributed by atoms with van der Waals surface area (Å²) in [5.74, 6) is 0.0204. The summed E-state index contributed by atoms with van der Waals surface area (Å²) in [5.41, 5.74) is 1.35. The lowest BCUT2D eigenvalue weighted by Crippen LogP contribution is -2.33. The number of hydrogen-bond acceptors (Lipinski definition) is 2. The van der Waals surface area contributed by atoms with Gasteiger partial charge in [-0.1, -0.05) is 41.9 Å². The number of halogens is 2. The van der Waals surface area contributed by atoms with Crippen LogP contribution < -0.4 is 0 Å². The van der Waals surface area contributed by atoms with Gasteiger partial charge in [0, 0.05) is 36.6 Å². The molecule has 3 atom stereocenters. The van der Waals surface area contributed by atoms with Crippen LogP contribution >= 0.6 is 11.6 Å². The van der Waals surface area contributed by atoms with Crippen LogP contribution in [0.25, 0.3) is 0 Å². The summed E-state index contributed by atoms with van der Waals surface area (Å²) in [6, 6.07) is 14.9. The number of likely N-dealkylation sites (tertiary alicyclic amines) is 2. The largest absolute Gasteiger partial charge is 0.338 e. The van der Waals surface area contributed by atoms with E-state index in [0.29, 0.717) is 36.0 Å². The molecule has 4 rings (SSSR count). The SMILES string of the molecule is CN1C[C@H]2CN(C(=O)c3cc(Cl)ccc3F)C[C@H]2[C@@H]1c1ccccc1. The lowest BCUT2D eigenvalue weighted by Gasteiger charge is -2.27. The molecule has 130 valence electrons. The van der Waals surface area contributed by atoms with Crippen LogP contribution in [-0.2, 0) is 0 Å². The van der Waals surface area contributed by atoms with Gasteiger partial charge >= 0.3 is 0 Å². The van der Waals surface area contributed by atoms with Crippen molar-refractivity contribution in [3.05, 3.63) is 70.5 Å². The molecular weight excluding hydrogens is 339 g/mol. The summed E-state index contributed by atoms with van der Waals surface area (Å²) in [4.78, 5) is 16.9. The van der Waals surface area contributed by atoms with Crippen molar-refractivity contribution < 1.29 is 9.18 Å². The Morgan fingerprint density at radius 1 is 1.12 bits per heavy atom. The van der Waals surface area contributed by atoms with Crippen LogP contribution in [0.15, 0.2) is 48.5 Å². The normalized spacial score (nSPS) is 26.0. The van der Waals surface area contributed by atoms with Crippen LogP contribution in [-0.4, -0.2) is 42.4 Å². The van der Waals surface area contributed by atoms with Gasteiger partial charge in [-0.3, -0.25) is 9.69 Å². The van der Waals surface area contributed by atoms with Crippen LogP contribution in [0.5, 0.6) is 0 Å². The highest BCUT2D eigenvalue weighted by Gasteiger charge is 2.47. The zero-order valence-electron chi connectivity index (χ0n) is 14.0. The number of amides is 1. The van der Waals surface area contributed by atoms with Crippen molar-refractivity contribution >= 4 is 17.5 Å². The zero-order chi connectivity index (χ0) is 17.6. The Morgan fingerprint density at radius 3 is 2.64 bits per heavy atom. The van der Waals surface area contributed by atoms with Crippen LogP contribution in [0.1, 0.15) is 22.0 Å². The van der Waals surface area contributed by atoms with Gasteiger partial charge in [-0.05, 0) is 36.7 Å². The van der Waals surface area contributed by atoms with Crippen molar-refractivity contribution in [2.24, 2.45) is 11.8 Å². The minimum absolute atomic E-state index is 0.0667. The molecule has 0 saturated carbocycles. The molecule has 0 aromatic heterocycles. The predicted octanol–water partition coefficient (Wildman–Crippen LogP) is 3.85. The number of carbonyl (C=O) groups excluding carboxylic acids is 1. The van der Waals surface area contributed by atoms with E-state index in [1.165, 1.54) is 23.8 Å². The van der Waals surface area contributed by atoms with Crippen molar-refractivity contribution in [1.29, 1.82) is 0 Å². The van der Waals surface area contributed by atoms with Gasteiger partial charge in [0.1, 0.15) is 5.82 Å². The third kappa shape index (κ3) is 2.94. The van der Waals surface area contributed by atoms with E-state index >= 15 is 0 Å². The van der Waals surface area contributed by atoms with Gasteiger partial charge in [0.2, 0.25) is 0 Å². The third-order valence-electron chi connectivity index (χ3n) is 5.48. The van der Waals surface area contributed by atoms with Gasteiger partial charge in [-0.2, -0.15) is 0 Å². The molecule has 0 N–H and O–H groups in total. The molecule has 2 fully saturated rings. The molecule has 1 amide bonds. The highest BCUT2D eigenvalue weighted by molar-refractivity contribution is 6.31. The van der Waals surface area contributed by atoms with Crippen molar-refractivity contribution in [2.75, 3.05) is 26.7 Å². The average Bonchev–Trinajstić information content (AvgIpc) is 3.13. The van der Waals surface area contributed by atoms with Crippen molar-refractivity contribution in [1.82, 2.24) is 9.80 Å². The molecule has 0 unspecified atom stereocenters. The molecule has 2 aromatic rings. The maximum atomic E-state index is 14.1. The first-order valence-electron chi connectivity index (χ1n) is 8.54. The van der Waals surface area contributed by atoms with Crippen molar-refractivity contribution in [2.45, 2.75) is 6.04 Å². The number of hydrogen-bond donors (Lipinski definition) is 0. The zero-order valence-corrected chi connectivity index (χ0v) is 14.8. The lowest BCUT2D eigenvalue weighted by molar-refractivity contribution is 0.0763. The lowest BCUT2D eigenvalue weighted by atomic mass is 9.90. The fourth-order valence-corrected chi connectivity index (χ4v) is 4.58. The predicted molar refractivity (Wildman–Crippen MR) is 96.1 cm³/mol. The highest BCUT2D eigenvalue weighted by Crippen LogP contribution is 2.44. The number of rotatable bonds is 2. The number of carbonyl (C=O) groups is 1. The van der Waals surface area contributed by atoms with E-state index in [-0.39, 0.29) is 11.5 Å². The van der Waals surface area contributed by atoms with E-state index in [2.05, 4.69) is 36.2 Å². The summed E-state index contributed by atoms with van der Waals surface area (Å²) in [6.45, 7) is 2.27. The molecule has 2 saturated heterocycles. The fraction of sp³-hybridized carbons (Fsp3) is 0.350. The van der Waals surface area contributed by atoms with E-state index in [0.717, 1.165) is 6.54 Å². The van der Waals surface area contributed by atoms with Gasteiger partial charge in [0.25, 0.3) is 5.91 Å². The first-order valence-corrected chi connectivity index (χ1v) is 8.92. The van der Waals surface area contributed by atoms with Crippen LogP contribution in [0, 0.1) is 17.7 Å². The number of nitrogens with zero attached hydrogens (tertiary/aromatic N) is 2.